The maximum atomic E-state index is 13.1. The molecule has 1 aliphatic heterocycles. The lowest BCUT2D eigenvalue weighted by Crippen LogP contribution is -2.53. The van der Waals surface area contributed by atoms with Crippen molar-refractivity contribution in [1.82, 2.24) is 10.6 Å². The van der Waals surface area contributed by atoms with E-state index in [0.29, 0.717) is 24.4 Å². The zero-order chi connectivity index (χ0) is 22.4. The molecule has 0 radical (unpaired) electrons. The van der Waals surface area contributed by atoms with Gasteiger partial charge in [0.2, 0.25) is 12.7 Å². The highest BCUT2D eigenvalue weighted by Gasteiger charge is 2.54. The molecular formula is C27H30N2O4. The van der Waals surface area contributed by atoms with Crippen molar-refractivity contribution in [1.29, 1.82) is 0 Å². The van der Waals surface area contributed by atoms with Crippen LogP contribution in [0.15, 0.2) is 42.5 Å². The molecule has 4 saturated carbocycles. The number of hydrogen-bond acceptors (Lipinski definition) is 4. The Morgan fingerprint density at radius 3 is 2.09 bits per heavy atom. The first-order valence-corrected chi connectivity index (χ1v) is 12.1. The van der Waals surface area contributed by atoms with Gasteiger partial charge in [-0.2, -0.15) is 0 Å². The summed E-state index contributed by atoms with van der Waals surface area (Å²) in [7, 11) is 0. The van der Waals surface area contributed by atoms with Crippen LogP contribution in [0, 0.1) is 23.2 Å². The Morgan fingerprint density at radius 1 is 0.788 bits per heavy atom. The van der Waals surface area contributed by atoms with Gasteiger partial charge in [0.15, 0.2) is 11.5 Å². The fraction of sp³-hybridized carbons (Fsp3) is 0.481. The van der Waals surface area contributed by atoms with Gasteiger partial charge in [0.25, 0.3) is 5.91 Å². The molecule has 33 heavy (non-hydrogen) atoms. The lowest BCUT2D eigenvalue weighted by atomic mass is 9.49. The molecule has 0 aromatic heterocycles. The molecule has 0 atom stereocenters. The first-order valence-electron chi connectivity index (χ1n) is 12.1. The highest BCUT2D eigenvalue weighted by molar-refractivity contribution is 5.94. The van der Waals surface area contributed by atoms with Gasteiger partial charge in [-0.15, -0.1) is 0 Å². The van der Waals surface area contributed by atoms with Crippen LogP contribution in [0.5, 0.6) is 11.5 Å². The summed E-state index contributed by atoms with van der Waals surface area (Å²) >= 11 is 0. The van der Waals surface area contributed by atoms with E-state index in [1.807, 2.05) is 42.5 Å². The van der Waals surface area contributed by atoms with E-state index in [4.69, 9.17) is 9.47 Å². The fourth-order valence-electron chi connectivity index (χ4n) is 6.87. The summed E-state index contributed by atoms with van der Waals surface area (Å²) < 4.78 is 10.7. The van der Waals surface area contributed by atoms with Gasteiger partial charge in [-0.05, 0) is 91.7 Å². The standard InChI is InChI=1S/C27H30N2O4/c30-25(28-15-18-3-6-23-24(10-18)33-16-32-23)22-4-1-17(2-5-22)14-29-26(31)27-11-19-7-20(12-27)9-21(8-19)13-27/h1-6,10,19-21H,7-9,11-16H2,(H,28,30)(H,29,31). The summed E-state index contributed by atoms with van der Waals surface area (Å²) in [6.07, 6.45) is 7.24. The molecule has 7 rings (SSSR count). The van der Waals surface area contributed by atoms with Crippen LogP contribution in [0.3, 0.4) is 0 Å². The second-order valence-electron chi connectivity index (χ2n) is 10.4. The number of amides is 2. The molecule has 2 aromatic carbocycles. The van der Waals surface area contributed by atoms with Crippen molar-refractivity contribution in [2.75, 3.05) is 6.79 Å². The number of carbonyl (C=O) groups excluding carboxylic acids is 2. The number of hydrogen-bond donors (Lipinski definition) is 2. The van der Waals surface area contributed by atoms with Crippen molar-refractivity contribution in [3.63, 3.8) is 0 Å². The van der Waals surface area contributed by atoms with Gasteiger partial charge < -0.3 is 20.1 Å². The van der Waals surface area contributed by atoms with E-state index in [0.717, 1.165) is 53.9 Å². The van der Waals surface area contributed by atoms with Gasteiger partial charge in [0, 0.05) is 24.1 Å². The molecule has 0 spiro atoms. The highest BCUT2D eigenvalue weighted by atomic mass is 16.7. The quantitative estimate of drug-likeness (QED) is 0.698. The van der Waals surface area contributed by atoms with E-state index >= 15 is 0 Å². The Morgan fingerprint density at radius 2 is 1.39 bits per heavy atom. The molecule has 5 aliphatic rings. The minimum Gasteiger partial charge on any atom is -0.454 e. The van der Waals surface area contributed by atoms with Gasteiger partial charge in [-0.25, -0.2) is 0 Å². The summed E-state index contributed by atoms with van der Waals surface area (Å²) in [6, 6.07) is 13.2. The predicted molar refractivity (Wildman–Crippen MR) is 123 cm³/mol. The second-order valence-corrected chi connectivity index (χ2v) is 10.4. The van der Waals surface area contributed by atoms with Crippen molar-refractivity contribution in [2.24, 2.45) is 23.2 Å². The van der Waals surface area contributed by atoms with Crippen LogP contribution in [-0.2, 0) is 17.9 Å². The molecule has 6 nitrogen and oxygen atoms in total. The molecule has 0 saturated heterocycles. The average Bonchev–Trinajstić information content (AvgIpc) is 3.28. The Bertz CT molecular complexity index is 1040. The Balaban J connectivity index is 1.02. The fourth-order valence-corrected chi connectivity index (χ4v) is 6.87. The summed E-state index contributed by atoms with van der Waals surface area (Å²) in [5.41, 5.74) is 2.45. The van der Waals surface area contributed by atoms with Crippen LogP contribution < -0.4 is 20.1 Å². The van der Waals surface area contributed by atoms with Crippen LogP contribution in [0.1, 0.15) is 60.0 Å². The largest absolute Gasteiger partial charge is 0.454 e. The van der Waals surface area contributed by atoms with E-state index in [1.165, 1.54) is 19.3 Å². The van der Waals surface area contributed by atoms with E-state index in [2.05, 4.69) is 10.6 Å². The van der Waals surface area contributed by atoms with E-state index < -0.39 is 0 Å². The molecule has 0 unspecified atom stereocenters. The van der Waals surface area contributed by atoms with Crippen molar-refractivity contribution < 1.29 is 19.1 Å². The molecular weight excluding hydrogens is 416 g/mol. The first kappa shape index (κ1) is 20.6. The lowest BCUT2D eigenvalue weighted by Gasteiger charge is -2.55. The molecule has 4 aliphatic carbocycles. The van der Waals surface area contributed by atoms with Crippen molar-refractivity contribution in [3.8, 4) is 11.5 Å². The molecule has 2 N–H and O–H groups in total. The Hall–Kier alpha value is -3.02. The van der Waals surface area contributed by atoms with Gasteiger partial charge >= 0.3 is 0 Å². The van der Waals surface area contributed by atoms with Gasteiger partial charge in [-0.3, -0.25) is 9.59 Å². The normalized spacial score (nSPS) is 28.5. The number of nitrogens with one attached hydrogen (secondary N) is 2. The number of rotatable bonds is 6. The zero-order valence-electron chi connectivity index (χ0n) is 18.8. The molecule has 4 bridgehead atoms. The van der Waals surface area contributed by atoms with E-state index in [1.54, 1.807) is 0 Å². The maximum Gasteiger partial charge on any atom is 0.251 e. The van der Waals surface area contributed by atoms with Crippen LogP contribution in [0.2, 0.25) is 0 Å². The second kappa shape index (κ2) is 8.08. The van der Waals surface area contributed by atoms with Gasteiger partial charge in [-0.1, -0.05) is 18.2 Å². The van der Waals surface area contributed by atoms with E-state index in [9.17, 15) is 9.59 Å². The molecule has 172 valence electrons. The number of carbonyl (C=O) groups is 2. The van der Waals surface area contributed by atoms with Gasteiger partial charge in [0.05, 0.1) is 0 Å². The van der Waals surface area contributed by atoms with Crippen LogP contribution >= 0.6 is 0 Å². The smallest absolute Gasteiger partial charge is 0.251 e. The summed E-state index contributed by atoms with van der Waals surface area (Å²) in [6.45, 7) is 1.17. The first-order chi connectivity index (χ1) is 16.1. The number of benzene rings is 2. The minimum absolute atomic E-state index is 0.122. The van der Waals surface area contributed by atoms with Crippen LogP contribution in [0.4, 0.5) is 0 Å². The topological polar surface area (TPSA) is 76.7 Å². The summed E-state index contributed by atoms with van der Waals surface area (Å²) in [5.74, 6) is 3.84. The third-order valence-corrected chi connectivity index (χ3v) is 8.08. The van der Waals surface area contributed by atoms with Crippen molar-refractivity contribution in [2.45, 2.75) is 51.6 Å². The van der Waals surface area contributed by atoms with Crippen LogP contribution in [-0.4, -0.2) is 18.6 Å². The van der Waals surface area contributed by atoms with Crippen molar-refractivity contribution in [3.05, 3.63) is 59.2 Å². The lowest BCUT2D eigenvalue weighted by molar-refractivity contribution is -0.146. The summed E-state index contributed by atoms with van der Waals surface area (Å²) in [4.78, 5) is 25.7. The number of fused-ring (bicyclic) bond motifs is 1. The zero-order valence-corrected chi connectivity index (χ0v) is 18.8. The molecule has 2 amide bonds. The molecule has 1 heterocycles. The Labute approximate surface area is 194 Å². The van der Waals surface area contributed by atoms with Gasteiger partial charge in [0.1, 0.15) is 0 Å². The van der Waals surface area contributed by atoms with Crippen molar-refractivity contribution >= 4 is 11.8 Å². The summed E-state index contributed by atoms with van der Waals surface area (Å²) in [5, 5.41) is 6.16. The third-order valence-electron chi connectivity index (χ3n) is 8.08. The minimum atomic E-state index is -0.128. The Kier molecular flexibility index (Phi) is 5.04. The van der Waals surface area contributed by atoms with Crippen LogP contribution in [0.25, 0.3) is 0 Å². The highest BCUT2D eigenvalue weighted by Crippen LogP contribution is 2.60. The molecule has 2 aromatic rings. The number of ether oxygens (including phenoxy) is 2. The SMILES string of the molecule is O=C(NCc1ccc2c(c1)OCO2)c1ccc(CNC(=O)C23CC4CC(CC(C4)C2)C3)cc1. The monoisotopic (exact) mass is 446 g/mol. The van der Waals surface area contributed by atoms with E-state index in [-0.39, 0.29) is 24.0 Å². The third kappa shape index (κ3) is 3.96. The molecule has 4 fully saturated rings. The molecule has 6 heteroatoms. The predicted octanol–water partition coefficient (Wildman–Crippen LogP) is 4.18. The average molecular weight is 447 g/mol. The maximum absolute atomic E-state index is 13.1.